The van der Waals surface area contributed by atoms with Gasteiger partial charge in [0, 0.05) is 45.3 Å². The summed E-state index contributed by atoms with van der Waals surface area (Å²) in [5, 5.41) is 3.34. The van der Waals surface area contributed by atoms with Gasteiger partial charge in [0.25, 0.3) is 0 Å². The van der Waals surface area contributed by atoms with Gasteiger partial charge in [-0.15, -0.1) is 0 Å². The molecule has 0 aromatic rings. The molecule has 78 valence electrons. The summed E-state index contributed by atoms with van der Waals surface area (Å²) in [7, 11) is 1.92. The van der Waals surface area contributed by atoms with Gasteiger partial charge in [0.2, 0.25) is 0 Å². The Morgan fingerprint density at radius 3 is 2.38 bits per heavy atom. The fourth-order valence-electron chi connectivity index (χ4n) is 1.51. The predicted molar refractivity (Wildman–Crippen MR) is 57.0 cm³/mol. The van der Waals surface area contributed by atoms with E-state index in [1.807, 2.05) is 7.05 Å². The quantitative estimate of drug-likeness (QED) is 0.687. The van der Waals surface area contributed by atoms with Gasteiger partial charge in [0.05, 0.1) is 0 Å². The lowest BCUT2D eigenvalue weighted by atomic mass is 10.1. The van der Waals surface area contributed by atoms with Crippen molar-refractivity contribution in [3.05, 3.63) is 0 Å². The number of halogens is 1. The van der Waals surface area contributed by atoms with Crippen LogP contribution in [0, 0.1) is 0 Å². The van der Waals surface area contributed by atoms with Gasteiger partial charge in [0.15, 0.2) is 0 Å². The molecule has 1 fully saturated rings. The Hall–Kier alpha value is 0.170. The number of piperazine rings is 1. The highest BCUT2D eigenvalue weighted by molar-refractivity contribution is 6.13. The smallest absolute Gasteiger partial charge is 0.0429 e. The zero-order valence-electron chi connectivity index (χ0n) is 8.81. The molecule has 0 spiro atoms. The first-order valence-corrected chi connectivity index (χ1v) is 5.19. The van der Waals surface area contributed by atoms with Crippen molar-refractivity contribution in [2.75, 3.05) is 39.8 Å². The Balaban J connectivity index is 2.37. The van der Waals surface area contributed by atoms with E-state index in [0.717, 1.165) is 32.7 Å². The maximum Gasteiger partial charge on any atom is 0.0429 e. The lowest BCUT2D eigenvalue weighted by Gasteiger charge is -2.37. The predicted octanol–water partition coefficient (Wildman–Crippen LogP) is 0.756. The van der Waals surface area contributed by atoms with Gasteiger partial charge >= 0.3 is 0 Å². The van der Waals surface area contributed by atoms with Crippen molar-refractivity contribution in [2.45, 2.75) is 19.4 Å². The van der Waals surface area contributed by atoms with E-state index >= 15 is 0 Å². The molecule has 0 aromatic carbocycles. The molecule has 3 nitrogen and oxygen atoms in total. The molecular formula is C9H20ClN3. The first-order chi connectivity index (χ1) is 6.02. The van der Waals surface area contributed by atoms with Crippen molar-refractivity contribution in [1.29, 1.82) is 0 Å². The minimum atomic E-state index is 0.0545. The van der Waals surface area contributed by atoms with Gasteiger partial charge in [-0.3, -0.25) is 4.90 Å². The maximum atomic E-state index is 5.98. The Morgan fingerprint density at radius 2 is 1.92 bits per heavy atom. The van der Waals surface area contributed by atoms with Crippen LogP contribution in [0.15, 0.2) is 0 Å². The number of nitrogens with zero attached hydrogens (tertiary/aromatic N) is 2. The van der Waals surface area contributed by atoms with Gasteiger partial charge in [-0.1, -0.05) is 0 Å². The fraction of sp³-hybridized carbons (Fsp3) is 1.00. The lowest BCUT2D eigenvalue weighted by Crippen LogP contribution is -2.52. The van der Waals surface area contributed by atoms with E-state index in [2.05, 4.69) is 24.1 Å². The molecule has 1 rings (SSSR count). The Morgan fingerprint density at radius 1 is 1.38 bits per heavy atom. The summed E-state index contributed by atoms with van der Waals surface area (Å²) in [6, 6.07) is 0. The molecule has 0 unspecified atom stereocenters. The zero-order valence-corrected chi connectivity index (χ0v) is 9.56. The van der Waals surface area contributed by atoms with Crippen LogP contribution in [-0.2, 0) is 0 Å². The first-order valence-electron chi connectivity index (χ1n) is 4.85. The summed E-state index contributed by atoms with van der Waals surface area (Å²) in [5.41, 5.74) is 0.0545. The highest BCUT2D eigenvalue weighted by Gasteiger charge is 2.25. The van der Waals surface area contributed by atoms with Crippen LogP contribution in [0.1, 0.15) is 13.8 Å². The van der Waals surface area contributed by atoms with Crippen LogP contribution < -0.4 is 5.32 Å². The minimum Gasteiger partial charge on any atom is -0.314 e. The normalized spacial score (nSPS) is 21.0. The third kappa shape index (κ3) is 3.43. The molecule has 0 amide bonds. The molecule has 4 heteroatoms. The van der Waals surface area contributed by atoms with Crippen LogP contribution in [-0.4, -0.2) is 54.6 Å². The van der Waals surface area contributed by atoms with Crippen molar-refractivity contribution in [3.8, 4) is 0 Å². The van der Waals surface area contributed by atoms with Crippen molar-refractivity contribution in [3.63, 3.8) is 0 Å². The highest BCUT2D eigenvalue weighted by Crippen LogP contribution is 2.16. The van der Waals surface area contributed by atoms with Gasteiger partial charge in [-0.05, 0) is 25.6 Å². The van der Waals surface area contributed by atoms with Crippen LogP contribution in [0.3, 0.4) is 0 Å². The van der Waals surface area contributed by atoms with E-state index in [9.17, 15) is 0 Å². The molecule has 1 saturated heterocycles. The molecule has 0 aromatic heterocycles. The number of hydrogen-bond acceptors (Lipinski definition) is 3. The largest absolute Gasteiger partial charge is 0.314 e. The topological polar surface area (TPSA) is 18.5 Å². The van der Waals surface area contributed by atoms with E-state index in [-0.39, 0.29) is 5.54 Å². The SMILES string of the molecule is CN(Cl)C(C)(C)CN1CCNCC1. The van der Waals surface area contributed by atoms with Crippen molar-refractivity contribution < 1.29 is 0 Å². The van der Waals surface area contributed by atoms with Crippen LogP contribution in [0.5, 0.6) is 0 Å². The number of likely N-dealkylation sites (N-methyl/N-ethyl adjacent to an activating group) is 1. The van der Waals surface area contributed by atoms with Gasteiger partial charge in [0.1, 0.15) is 0 Å². The second-order valence-corrected chi connectivity index (χ2v) is 4.82. The highest BCUT2D eigenvalue weighted by atomic mass is 35.5. The molecule has 1 N–H and O–H groups in total. The third-order valence-electron chi connectivity index (χ3n) is 2.65. The zero-order chi connectivity index (χ0) is 9.90. The summed E-state index contributed by atoms with van der Waals surface area (Å²) in [6.07, 6.45) is 0. The summed E-state index contributed by atoms with van der Waals surface area (Å²) in [5.74, 6) is 0. The van der Waals surface area contributed by atoms with Gasteiger partial charge in [-0.25, -0.2) is 4.42 Å². The second-order valence-electron chi connectivity index (χ2n) is 4.32. The van der Waals surface area contributed by atoms with Gasteiger partial charge in [-0.2, -0.15) is 0 Å². The molecule has 1 aliphatic heterocycles. The summed E-state index contributed by atoms with van der Waals surface area (Å²) >= 11 is 5.98. The van der Waals surface area contributed by atoms with E-state index < -0.39 is 0 Å². The molecule has 0 bridgehead atoms. The van der Waals surface area contributed by atoms with Crippen molar-refractivity contribution in [2.24, 2.45) is 0 Å². The minimum absolute atomic E-state index is 0.0545. The summed E-state index contributed by atoms with van der Waals surface area (Å²) in [4.78, 5) is 2.45. The lowest BCUT2D eigenvalue weighted by molar-refractivity contribution is 0.145. The van der Waals surface area contributed by atoms with Crippen LogP contribution in [0.4, 0.5) is 0 Å². The Bertz CT molecular complexity index is 153. The Kier molecular flexibility index (Phi) is 3.98. The van der Waals surface area contributed by atoms with Crippen LogP contribution >= 0.6 is 11.8 Å². The molecule has 0 atom stereocenters. The van der Waals surface area contributed by atoms with Crippen molar-refractivity contribution >= 4 is 11.8 Å². The fourth-order valence-corrected chi connectivity index (χ4v) is 1.57. The average molecular weight is 206 g/mol. The van der Waals surface area contributed by atoms with E-state index in [0.29, 0.717) is 0 Å². The van der Waals surface area contributed by atoms with E-state index in [1.54, 1.807) is 4.42 Å². The maximum absolute atomic E-state index is 5.98. The van der Waals surface area contributed by atoms with Crippen LogP contribution in [0.25, 0.3) is 0 Å². The van der Waals surface area contributed by atoms with E-state index in [1.165, 1.54) is 0 Å². The average Bonchev–Trinajstić information content (AvgIpc) is 2.05. The molecule has 1 aliphatic rings. The molecule has 0 aliphatic carbocycles. The first kappa shape index (κ1) is 11.2. The number of nitrogens with one attached hydrogen (secondary N) is 1. The van der Waals surface area contributed by atoms with Gasteiger partial charge < -0.3 is 5.32 Å². The standard InChI is InChI=1S/C9H20ClN3/c1-9(2,12(3)10)8-13-6-4-11-5-7-13/h11H,4-8H2,1-3H3. The third-order valence-corrected chi connectivity index (χ3v) is 3.11. The monoisotopic (exact) mass is 205 g/mol. The van der Waals surface area contributed by atoms with Crippen LogP contribution in [0.2, 0.25) is 0 Å². The number of hydrogen-bond donors (Lipinski definition) is 1. The molecular weight excluding hydrogens is 186 g/mol. The van der Waals surface area contributed by atoms with Crippen molar-refractivity contribution in [1.82, 2.24) is 14.6 Å². The molecule has 1 heterocycles. The molecule has 0 saturated carbocycles. The summed E-state index contributed by atoms with van der Waals surface area (Å²) < 4.78 is 1.77. The summed E-state index contributed by atoms with van der Waals surface area (Å²) in [6.45, 7) is 9.84. The van der Waals surface area contributed by atoms with E-state index in [4.69, 9.17) is 11.8 Å². The molecule has 0 radical (unpaired) electrons. The molecule has 13 heavy (non-hydrogen) atoms. The Labute approximate surface area is 86.1 Å². The number of rotatable bonds is 3. The second kappa shape index (κ2) is 4.60.